The summed E-state index contributed by atoms with van der Waals surface area (Å²) in [5, 5.41) is 5.35. The fourth-order valence-corrected chi connectivity index (χ4v) is 2.78. The molecule has 1 saturated heterocycles. The van der Waals surface area contributed by atoms with Crippen molar-refractivity contribution in [2.24, 2.45) is 4.99 Å². The van der Waals surface area contributed by atoms with Gasteiger partial charge < -0.3 is 10.1 Å². The number of ether oxygens (including phenoxy) is 1. The van der Waals surface area contributed by atoms with E-state index in [4.69, 9.17) is 4.74 Å². The molecule has 1 aliphatic heterocycles. The van der Waals surface area contributed by atoms with Gasteiger partial charge in [-0.3, -0.25) is 10.1 Å². The minimum Gasteiger partial charge on any atom is -0.376 e. The molecule has 154 valence electrons. The number of hydrogen-bond acceptors (Lipinski definition) is 3. The molecular weight excluding hydrogens is 390 g/mol. The first-order chi connectivity index (χ1) is 13.8. The van der Waals surface area contributed by atoms with Crippen LogP contribution >= 0.6 is 0 Å². The molecule has 0 radical (unpaired) electrons. The smallest absolute Gasteiger partial charge is 0.376 e. The van der Waals surface area contributed by atoms with Gasteiger partial charge in [-0.2, -0.15) is 13.2 Å². The van der Waals surface area contributed by atoms with E-state index in [-0.39, 0.29) is 24.2 Å². The Balaban J connectivity index is 1.74. The van der Waals surface area contributed by atoms with Gasteiger partial charge in [0.15, 0.2) is 0 Å². The normalized spacial score (nSPS) is 17.2. The quantitative estimate of drug-likeness (QED) is 0.452. The fraction of sp³-hybridized carbons (Fsp3) is 0.300. The Labute approximate surface area is 164 Å². The number of amides is 1. The summed E-state index contributed by atoms with van der Waals surface area (Å²) in [5.74, 6) is -1.06. The van der Waals surface area contributed by atoms with Crippen LogP contribution in [-0.4, -0.2) is 31.1 Å². The molecule has 1 aliphatic rings. The van der Waals surface area contributed by atoms with Crippen LogP contribution in [0.1, 0.15) is 28.8 Å². The van der Waals surface area contributed by atoms with Gasteiger partial charge in [-0.15, -0.1) is 0 Å². The first kappa shape index (κ1) is 20.8. The third-order valence-corrected chi connectivity index (χ3v) is 4.27. The van der Waals surface area contributed by atoms with Crippen LogP contribution in [0.15, 0.2) is 53.5 Å². The van der Waals surface area contributed by atoms with Gasteiger partial charge in [-0.25, -0.2) is 9.38 Å². The number of carbonyl (C=O) groups excluding carboxylic acids is 1. The standard InChI is InChI=1S/C20H19F4N3O2/c21-15-3-1-4-16(11-15)26-19(25-12-17-5-2-10-29-17)27-18(28)13-6-8-14(9-7-13)20(22,23)24/h1,3-4,6-9,11,17H,2,5,10,12H2,(H2,25,26,27,28)/t17-/m0/s1. The van der Waals surface area contributed by atoms with E-state index < -0.39 is 23.5 Å². The van der Waals surface area contributed by atoms with Crippen molar-refractivity contribution in [1.82, 2.24) is 5.32 Å². The number of nitrogens with zero attached hydrogens (tertiary/aromatic N) is 1. The first-order valence-corrected chi connectivity index (χ1v) is 8.98. The van der Waals surface area contributed by atoms with E-state index >= 15 is 0 Å². The summed E-state index contributed by atoms with van der Waals surface area (Å²) in [4.78, 5) is 16.7. The van der Waals surface area contributed by atoms with Crippen LogP contribution in [-0.2, 0) is 10.9 Å². The van der Waals surface area contributed by atoms with Crippen LogP contribution in [0.25, 0.3) is 0 Å². The molecule has 5 nitrogen and oxygen atoms in total. The van der Waals surface area contributed by atoms with Gasteiger partial charge in [0.05, 0.1) is 18.2 Å². The van der Waals surface area contributed by atoms with Crippen molar-refractivity contribution in [2.75, 3.05) is 18.5 Å². The number of rotatable bonds is 4. The number of benzene rings is 2. The second-order valence-corrected chi connectivity index (χ2v) is 6.49. The number of nitrogens with one attached hydrogen (secondary N) is 2. The maximum Gasteiger partial charge on any atom is 0.416 e. The maximum absolute atomic E-state index is 13.4. The van der Waals surface area contributed by atoms with E-state index in [9.17, 15) is 22.4 Å². The number of aliphatic imine (C=N–C) groups is 1. The molecule has 2 N–H and O–H groups in total. The molecule has 0 aliphatic carbocycles. The molecule has 1 fully saturated rings. The monoisotopic (exact) mass is 409 g/mol. The molecule has 0 aromatic heterocycles. The molecular formula is C20H19F4N3O2. The minimum atomic E-state index is -4.48. The highest BCUT2D eigenvalue weighted by molar-refractivity contribution is 6.09. The lowest BCUT2D eigenvalue weighted by Gasteiger charge is -2.14. The summed E-state index contributed by atoms with van der Waals surface area (Å²) in [7, 11) is 0. The van der Waals surface area contributed by atoms with Crippen molar-refractivity contribution in [2.45, 2.75) is 25.1 Å². The molecule has 2 aromatic rings. The lowest BCUT2D eigenvalue weighted by molar-refractivity contribution is -0.137. The van der Waals surface area contributed by atoms with E-state index in [0.29, 0.717) is 12.3 Å². The van der Waals surface area contributed by atoms with Gasteiger partial charge >= 0.3 is 6.18 Å². The largest absolute Gasteiger partial charge is 0.416 e. The van der Waals surface area contributed by atoms with E-state index in [1.54, 1.807) is 6.07 Å². The van der Waals surface area contributed by atoms with E-state index in [2.05, 4.69) is 15.6 Å². The second-order valence-electron chi connectivity index (χ2n) is 6.49. The first-order valence-electron chi connectivity index (χ1n) is 8.98. The number of carbonyl (C=O) groups is 1. The molecule has 3 rings (SSSR count). The van der Waals surface area contributed by atoms with Crippen molar-refractivity contribution >= 4 is 17.6 Å². The van der Waals surface area contributed by atoms with Gasteiger partial charge in [-0.1, -0.05) is 6.07 Å². The van der Waals surface area contributed by atoms with Crippen molar-refractivity contribution in [3.63, 3.8) is 0 Å². The van der Waals surface area contributed by atoms with E-state index in [1.165, 1.54) is 18.2 Å². The summed E-state index contributed by atoms with van der Waals surface area (Å²) >= 11 is 0. The Morgan fingerprint density at radius 3 is 2.55 bits per heavy atom. The highest BCUT2D eigenvalue weighted by atomic mass is 19.4. The average Bonchev–Trinajstić information content (AvgIpc) is 3.19. The van der Waals surface area contributed by atoms with Gasteiger partial charge in [0, 0.05) is 17.9 Å². The predicted octanol–water partition coefficient (Wildman–Crippen LogP) is 4.22. The molecule has 29 heavy (non-hydrogen) atoms. The number of guanidine groups is 1. The molecule has 1 atom stereocenters. The Bertz CT molecular complexity index is 876. The third kappa shape index (κ3) is 6.02. The zero-order valence-corrected chi connectivity index (χ0v) is 15.3. The zero-order chi connectivity index (χ0) is 20.9. The fourth-order valence-electron chi connectivity index (χ4n) is 2.78. The van der Waals surface area contributed by atoms with Crippen LogP contribution in [0.5, 0.6) is 0 Å². The highest BCUT2D eigenvalue weighted by Gasteiger charge is 2.30. The lowest BCUT2D eigenvalue weighted by Crippen LogP contribution is -2.36. The van der Waals surface area contributed by atoms with Gasteiger partial charge in [0.25, 0.3) is 5.91 Å². The topological polar surface area (TPSA) is 62.7 Å². The second kappa shape index (κ2) is 9.04. The van der Waals surface area contributed by atoms with Crippen LogP contribution in [0.3, 0.4) is 0 Å². The maximum atomic E-state index is 13.4. The van der Waals surface area contributed by atoms with Crippen molar-refractivity contribution < 1.29 is 27.1 Å². The Morgan fingerprint density at radius 2 is 1.93 bits per heavy atom. The number of halogens is 4. The molecule has 1 amide bonds. The summed E-state index contributed by atoms with van der Waals surface area (Å²) < 4.78 is 57.0. The van der Waals surface area contributed by atoms with Crippen molar-refractivity contribution in [3.05, 3.63) is 65.5 Å². The minimum absolute atomic E-state index is 0.0314. The van der Waals surface area contributed by atoms with E-state index in [0.717, 1.165) is 37.1 Å². The van der Waals surface area contributed by atoms with Crippen LogP contribution in [0, 0.1) is 5.82 Å². The van der Waals surface area contributed by atoms with Crippen LogP contribution < -0.4 is 10.6 Å². The Hall–Kier alpha value is -2.94. The van der Waals surface area contributed by atoms with Gasteiger partial charge in [0.2, 0.25) is 5.96 Å². The average molecular weight is 409 g/mol. The number of anilines is 1. The molecule has 9 heteroatoms. The van der Waals surface area contributed by atoms with E-state index in [1.807, 2.05) is 0 Å². The highest BCUT2D eigenvalue weighted by Crippen LogP contribution is 2.29. The predicted molar refractivity (Wildman–Crippen MR) is 100 cm³/mol. The number of alkyl halides is 3. The Morgan fingerprint density at radius 1 is 1.17 bits per heavy atom. The van der Waals surface area contributed by atoms with Crippen LogP contribution in [0.2, 0.25) is 0 Å². The summed E-state index contributed by atoms with van der Waals surface area (Å²) in [6.45, 7) is 0.926. The molecule has 0 bridgehead atoms. The van der Waals surface area contributed by atoms with Crippen molar-refractivity contribution in [3.8, 4) is 0 Å². The molecule has 2 aromatic carbocycles. The van der Waals surface area contributed by atoms with Crippen molar-refractivity contribution in [1.29, 1.82) is 0 Å². The molecule has 1 heterocycles. The number of hydrogen-bond donors (Lipinski definition) is 2. The van der Waals surface area contributed by atoms with Gasteiger partial charge in [-0.05, 0) is 55.3 Å². The molecule has 0 saturated carbocycles. The molecule has 0 spiro atoms. The van der Waals surface area contributed by atoms with Crippen LogP contribution in [0.4, 0.5) is 23.2 Å². The SMILES string of the molecule is O=C(NC(=NC[C@@H]1CCCO1)Nc1cccc(F)c1)c1ccc(C(F)(F)F)cc1. The Kier molecular flexibility index (Phi) is 6.48. The lowest BCUT2D eigenvalue weighted by atomic mass is 10.1. The zero-order valence-electron chi connectivity index (χ0n) is 15.3. The van der Waals surface area contributed by atoms with Gasteiger partial charge in [0.1, 0.15) is 5.82 Å². The molecule has 0 unspecified atom stereocenters. The summed E-state index contributed by atoms with van der Waals surface area (Å²) in [6, 6.07) is 9.41. The third-order valence-electron chi connectivity index (χ3n) is 4.27. The summed E-state index contributed by atoms with van der Waals surface area (Å²) in [5.41, 5.74) is -0.452. The summed E-state index contributed by atoms with van der Waals surface area (Å²) in [6.07, 6.45) is -2.81.